The topological polar surface area (TPSA) is 93.3 Å². The van der Waals surface area contributed by atoms with Crippen LogP contribution < -0.4 is 5.73 Å². The zero-order valence-electron chi connectivity index (χ0n) is 9.63. The summed E-state index contributed by atoms with van der Waals surface area (Å²) in [4.78, 5) is 25.7. The van der Waals surface area contributed by atoms with Crippen LogP contribution in [0.1, 0.15) is 20.8 Å². The summed E-state index contributed by atoms with van der Waals surface area (Å²) in [6.45, 7) is 0. The Balaban J connectivity index is 2.44. The second-order valence-electron chi connectivity index (χ2n) is 3.80. The van der Waals surface area contributed by atoms with E-state index in [-0.39, 0.29) is 16.3 Å². The number of pyridine rings is 1. The number of rotatable bonds is 3. The van der Waals surface area contributed by atoms with E-state index in [4.69, 9.17) is 22.4 Å². The van der Waals surface area contributed by atoms with E-state index in [1.165, 1.54) is 12.3 Å². The average Bonchev–Trinajstić information content (AvgIpc) is 2.39. The lowest BCUT2D eigenvalue weighted by atomic mass is 10.0. The maximum Gasteiger partial charge on any atom is 0.354 e. The molecule has 0 aliphatic rings. The Labute approximate surface area is 113 Å². The molecule has 96 valence electrons. The molecule has 0 aliphatic heterocycles. The third-order valence-corrected chi connectivity index (χ3v) is 2.88. The van der Waals surface area contributed by atoms with Crippen molar-refractivity contribution < 1.29 is 14.7 Å². The molecule has 0 bridgehead atoms. The lowest BCUT2D eigenvalue weighted by Gasteiger charge is -2.05. The molecule has 1 aromatic carbocycles. The molecule has 1 heterocycles. The van der Waals surface area contributed by atoms with Gasteiger partial charge in [-0.2, -0.15) is 0 Å². The predicted octanol–water partition coefficient (Wildman–Crippen LogP) is 2.20. The number of carboxylic acid groups (broad SMARTS) is 1. The molecule has 0 spiro atoms. The van der Waals surface area contributed by atoms with Crippen LogP contribution in [-0.2, 0) is 0 Å². The third-order valence-electron chi connectivity index (χ3n) is 2.55. The fourth-order valence-electron chi connectivity index (χ4n) is 1.58. The van der Waals surface area contributed by atoms with Crippen molar-refractivity contribution in [1.82, 2.24) is 4.98 Å². The van der Waals surface area contributed by atoms with Crippen molar-refractivity contribution in [3.8, 4) is 11.1 Å². The van der Waals surface area contributed by atoms with Gasteiger partial charge in [-0.25, -0.2) is 9.78 Å². The fourth-order valence-corrected chi connectivity index (χ4v) is 1.80. The molecule has 0 saturated carbocycles. The van der Waals surface area contributed by atoms with Crippen molar-refractivity contribution in [2.24, 2.45) is 5.73 Å². The van der Waals surface area contributed by atoms with Crippen molar-refractivity contribution in [3.63, 3.8) is 0 Å². The molecule has 0 aliphatic carbocycles. The second kappa shape index (κ2) is 5.07. The van der Waals surface area contributed by atoms with E-state index >= 15 is 0 Å². The van der Waals surface area contributed by atoms with E-state index in [0.29, 0.717) is 11.1 Å². The van der Waals surface area contributed by atoms with Crippen LogP contribution in [0.4, 0.5) is 0 Å². The van der Waals surface area contributed by atoms with Gasteiger partial charge in [0.1, 0.15) is 5.69 Å². The van der Waals surface area contributed by atoms with Gasteiger partial charge in [-0.3, -0.25) is 4.79 Å². The maximum absolute atomic E-state index is 11.2. The van der Waals surface area contributed by atoms with E-state index in [9.17, 15) is 9.59 Å². The van der Waals surface area contributed by atoms with E-state index in [2.05, 4.69) is 4.98 Å². The van der Waals surface area contributed by atoms with Gasteiger partial charge in [0.05, 0.1) is 10.6 Å². The molecule has 1 aromatic heterocycles. The molecular weight excluding hydrogens is 268 g/mol. The van der Waals surface area contributed by atoms with Crippen molar-refractivity contribution in [2.75, 3.05) is 0 Å². The van der Waals surface area contributed by atoms with Crippen LogP contribution >= 0.6 is 11.6 Å². The molecule has 19 heavy (non-hydrogen) atoms. The number of hydrogen-bond donors (Lipinski definition) is 2. The van der Waals surface area contributed by atoms with Gasteiger partial charge in [-0.1, -0.05) is 23.7 Å². The Bertz CT molecular complexity index is 653. The van der Waals surface area contributed by atoms with E-state index < -0.39 is 11.9 Å². The monoisotopic (exact) mass is 276 g/mol. The molecule has 0 saturated heterocycles. The average molecular weight is 277 g/mol. The normalized spacial score (nSPS) is 10.2. The molecule has 1 amide bonds. The number of benzene rings is 1. The smallest absolute Gasteiger partial charge is 0.354 e. The quantitative estimate of drug-likeness (QED) is 0.898. The van der Waals surface area contributed by atoms with E-state index in [1.807, 2.05) is 0 Å². The number of carbonyl (C=O) groups is 2. The Hall–Kier alpha value is -2.40. The molecule has 0 fully saturated rings. The molecule has 0 unspecified atom stereocenters. The summed E-state index contributed by atoms with van der Waals surface area (Å²) in [5.41, 5.74) is 6.72. The van der Waals surface area contributed by atoms with Gasteiger partial charge in [0, 0.05) is 11.8 Å². The number of halogens is 1. The largest absolute Gasteiger partial charge is 0.477 e. The summed E-state index contributed by atoms with van der Waals surface area (Å²) >= 11 is 5.85. The van der Waals surface area contributed by atoms with Crippen LogP contribution in [0, 0.1) is 0 Å². The number of primary amides is 1. The highest BCUT2D eigenvalue weighted by molar-refractivity contribution is 6.33. The first-order valence-electron chi connectivity index (χ1n) is 5.28. The summed E-state index contributed by atoms with van der Waals surface area (Å²) in [5.74, 6) is -1.72. The molecule has 5 nitrogen and oxygen atoms in total. The number of hydrogen-bond acceptors (Lipinski definition) is 3. The number of nitrogens with zero attached hydrogens (tertiary/aromatic N) is 1. The Kier molecular flexibility index (Phi) is 3.48. The fraction of sp³-hybridized carbons (Fsp3) is 0. The molecule has 2 aromatic rings. The number of aromatic nitrogens is 1. The molecule has 6 heteroatoms. The van der Waals surface area contributed by atoms with Crippen molar-refractivity contribution in [3.05, 3.63) is 52.8 Å². The van der Waals surface area contributed by atoms with Gasteiger partial charge >= 0.3 is 5.97 Å². The molecule has 0 atom stereocenters. The number of aromatic carboxylic acids is 1. The van der Waals surface area contributed by atoms with Crippen LogP contribution in [-0.4, -0.2) is 22.0 Å². The Morgan fingerprint density at radius 3 is 2.37 bits per heavy atom. The highest BCUT2D eigenvalue weighted by atomic mass is 35.5. The van der Waals surface area contributed by atoms with Gasteiger partial charge < -0.3 is 10.8 Å². The predicted molar refractivity (Wildman–Crippen MR) is 70.2 cm³/mol. The standard InChI is InChI=1S/C13H9ClN2O3/c14-10-3-1-7(5-9(10)12(15)17)8-2-4-11(13(18)19)16-6-8/h1-6H,(H2,15,17)(H,18,19). The minimum Gasteiger partial charge on any atom is -0.477 e. The Morgan fingerprint density at radius 2 is 1.84 bits per heavy atom. The number of carboxylic acids is 1. The minimum absolute atomic E-state index is 0.0483. The summed E-state index contributed by atoms with van der Waals surface area (Å²) in [6, 6.07) is 7.79. The van der Waals surface area contributed by atoms with Crippen LogP contribution in [0.3, 0.4) is 0 Å². The Morgan fingerprint density at radius 1 is 1.16 bits per heavy atom. The van der Waals surface area contributed by atoms with Crippen LogP contribution in [0.15, 0.2) is 36.5 Å². The van der Waals surface area contributed by atoms with E-state index in [0.717, 1.165) is 0 Å². The lowest BCUT2D eigenvalue weighted by molar-refractivity contribution is 0.0690. The first-order chi connectivity index (χ1) is 8.99. The number of carbonyl (C=O) groups excluding carboxylic acids is 1. The minimum atomic E-state index is -1.10. The molecule has 0 radical (unpaired) electrons. The van der Waals surface area contributed by atoms with Crippen LogP contribution in [0.2, 0.25) is 5.02 Å². The second-order valence-corrected chi connectivity index (χ2v) is 4.20. The summed E-state index contributed by atoms with van der Waals surface area (Å²) in [6.07, 6.45) is 1.41. The highest BCUT2D eigenvalue weighted by Crippen LogP contribution is 2.24. The van der Waals surface area contributed by atoms with Gasteiger partial charge in [-0.05, 0) is 23.8 Å². The van der Waals surface area contributed by atoms with Crippen molar-refractivity contribution in [2.45, 2.75) is 0 Å². The number of nitrogens with two attached hydrogens (primary N) is 1. The first kappa shape index (κ1) is 13.0. The number of amides is 1. The summed E-state index contributed by atoms with van der Waals surface area (Å²) in [7, 11) is 0. The molecular formula is C13H9ClN2O3. The van der Waals surface area contributed by atoms with Gasteiger partial charge in [0.25, 0.3) is 0 Å². The lowest BCUT2D eigenvalue weighted by Crippen LogP contribution is -2.11. The van der Waals surface area contributed by atoms with Gasteiger partial charge in [0.2, 0.25) is 5.91 Å². The highest BCUT2D eigenvalue weighted by Gasteiger charge is 2.10. The SMILES string of the molecule is NC(=O)c1cc(-c2ccc(C(=O)O)nc2)ccc1Cl. The van der Waals surface area contributed by atoms with Gasteiger partial charge in [0.15, 0.2) is 0 Å². The zero-order valence-corrected chi connectivity index (χ0v) is 10.4. The van der Waals surface area contributed by atoms with Gasteiger partial charge in [-0.15, -0.1) is 0 Å². The summed E-state index contributed by atoms with van der Waals surface area (Å²) < 4.78 is 0. The molecule has 3 N–H and O–H groups in total. The van der Waals surface area contributed by atoms with Crippen LogP contribution in [0.5, 0.6) is 0 Å². The first-order valence-corrected chi connectivity index (χ1v) is 5.66. The summed E-state index contributed by atoms with van der Waals surface area (Å²) in [5, 5.41) is 9.03. The third kappa shape index (κ3) is 2.71. The van der Waals surface area contributed by atoms with Crippen LogP contribution in [0.25, 0.3) is 11.1 Å². The maximum atomic E-state index is 11.2. The molecule has 2 rings (SSSR count). The van der Waals surface area contributed by atoms with E-state index in [1.54, 1.807) is 24.3 Å². The van der Waals surface area contributed by atoms with Crippen molar-refractivity contribution in [1.29, 1.82) is 0 Å². The zero-order chi connectivity index (χ0) is 14.0. The van der Waals surface area contributed by atoms with Crippen molar-refractivity contribution >= 4 is 23.5 Å².